The molecule has 1 aliphatic heterocycles. The van der Waals surface area contributed by atoms with E-state index >= 15 is 0 Å². The molecule has 1 heterocycles. The lowest BCUT2D eigenvalue weighted by atomic mass is 9.78. The van der Waals surface area contributed by atoms with E-state index in [0.29, 0.717) is 11.5 Å². The maximum Gasteiger partial charge on any atom is 0.0576 e. The van der Waals surface area contributed by atoms with Crippen molar-refractivity contribution >= 4 is 0 Å². The largest absolute Gasteiger partial charge is 0.378 e. The molecule has 0 spiro atoms. The van der Waals surface area contributed by atoms with Crippen molar-refractivity contribution in [3.8, 4) is 0 Å². The Morgan fingerprint density at radius 2 is 2.05 bits per heavy atom. The van der Waals surface area contributed by atoms with E-state index in [1.54, 1.807) is 0 Å². The normalized spacial score (nSPS) is 27.8. The number of nitrogens with one attached hydrogen (secondary N) is 1. The van der Waals surface area contributed by atoms with Crippen molar-refractivity contribution in [2.24, 2.45) is 5.41 Å². The molecule has 1 saturated heterocycles. The Balaban J connectivity index is 1.75. The lowest BCUT2D eigenvalue weighted by Gasteiger charge is -2.35. The van der Waals surface area contributed by atoms with Gasteiger partial charge in [-0.1, -0.05) is 26.7 Å². The monoisotopic (exact) mass is 267 g/mol. The van der Waals surface area contributed by atoms with E-state index in [9.17, 15) is 0 Å². The molecule has 0 amide bonds. The molecule has 0 aromatic rings. The third-order valence-corrected chi connectivity index (χ3v) is 5.27. The quantitative estimate of drug-likeness (QED) is 0.708. The Labute approximate surface area is 119 Å². The van der Waals surface area contributed by atoms with Crippen LogP contribution in [0.1, 0.15) is 78.1 Å². The van der Waals surface area contributed by atoms with E-state index < -0.39 is 0 Å². The van der Waals surface area contributed by atoms with Crippen LogP contribution in [0.4, 0.5) is 0 Å². The van der Waals surface area contributed by atoms with Crippen molar-refractivity contribution in [2.45, 2.75) is 90.2 Å². The Morgan fingerprint density at radius 1 is 1.26 bits per heavy atom. The second kappa shape index (κ2) is 7.64. The highest BCUT2D eigenvalue weighted by Gasteiger charge is 2.36. The Morgan fingerprint density at radius 3 is 2.68 bits per heavy atom. The van der Waals surface area contributed by atoms with Crippen LogP contribution in [0, 0.1) is 5.41 Å². The molecular formula is C17H33NO. The van der Waals surface area contributed by atoms with Gasteiger partial charge in [-0.2, -0.15) is 0 Å². The first-order chi connectivity index (χ1) is 9.24. The first-order valence-electron chi connectivity index (χ1n) is 8.59. The molecule has 1 saturated carbocycles. The van der Waals surface area contributed by atoms with Crippen molar-refractivity contribution in [3.63, 3.8) is 0 Å². The summed E-state index contributed by atoms with van der Waals surface area (Å²) in [6.07, 6.45) is 14.1. The number of hydrogen-bond donors (Lipinski definition) is 1. The van der Waals surface area contributed by atoms with Crippen LogP contribution in [0.5, 0.6) is 0 Å². The zero-order valence-corrected chi connectivity index (χ0v) is 13.0. The highest BCUT2D eigenvalue weighted by molar-refractivity contribution is 4.91. The maximum absolute atomic E-state index is 5.75. The predicted octanol–water partition coefficient (Wildman–Crippen LogP) is 4.28. The summed E-state index contributed by atoms with van der Waals surface area (Å²) < 4.78 is 5.75. The molecule has 0 bridgehead atoms. The van der Waals surface area contributed by atoms with Gasteiger partial charge in [0.25, 0.3) is 0 Å². The molecule has 112 valence electrons. The van der Waals surface area contributed by atoms with Crippen LogP contribution in [-0.4, -0.2) is 25.3 Å². The molecule has 2 heteroatoms. The van der Waals surface area contributed by atoms with E-state index in [0.717, 1.165) is 12.6 Å². The summed E-state index contributed by atoms with van der Waals surface area (Å²) in [5, 5.41) is 3.84. The SMILES string of the molecule is CCCNC(CCCC1CCCO1)C1(C)CCCC1. The number of hydrogen-bond acceptors (Lipinski definition) is 2. The lowest BCUT2D eigenvalue weighted by Crippen LogP contribution is -2.42. The van der Waals surface area contributed by atoms with Gasteiger partial charge in [-0.05, 0) is 63.3 Å². The summed E-state index contributed by atoms with van der Waals surface area (Å²) >= 11 is 0. The van der Waals surface area contributed by atoms with Crippen LogP contribution in [-0.2, 0) is 4.74 Å². The van der Waals surface area contributed by atoms with Gasteiger partial charge < -0.3 is 10.1 Å². The Hall–Kier alpha value is -0.0800. The summed E-state index contributed by atoms with van der Waals surface area (Å²) in [5.41, 5.74) is 0.561. The van der Waals surface area contributed by atoms with Crippen LogP contribution in [0.25, 0.3) is 0 Å². The van der Waals surface area contributed by atoms with Gasteiger partial charge in [-0.15, -0.1) is 0 Å². The minimum Gasteiger partial charge on any atom is -0.378 e. The van der Waals surface area contributed by atoms with Crippen molar-refractivity contribution in [1.29, 1.82) is 0 Å². The van der Waals surface area contributed by atoms with Gasteiger partial charge in [0.1, 0.15) is 0 Å². The molecule has 2 aliphatic rings. The summed E-state index contributed by atoms with van der Waals surface area (Å²) in [6, 6.07) is 0.733. The predicted molar refractivity (Wildman–Crippen MR) is 81.5 cm³/mol. The molecule has 0 aromatic heterocycles. The Bertz CT molecular complexity index is 242. The van der Waals surface area contributed by atoms with Gasteiger partial charge in [0.2, 0.25) is 0 Å². The van der Waals surface area contributed by atoms with Crippen LogP contribution in [0.2, 0.25) is 0 Å². The molecule has 1 N–H and O–H groups in total. The zero-order valence-electron chi connectivity index (χ0n) is 13.0. The molecule has 0 aromatic carbocycles. The fourth-order valence-electron chi connectivity index (χ4n) is 3.97. The van der Waals surface area contributed by atoms with Gasteiger partial charge in [0.05, 0.1) is 6.10 Å². The minimum absolute atomic E-state index is 0.561. The highest BCUT2D eigenvalue weighted by atomic mass is 16.5. The van der Waals surface area contributed by atoms with Gasteiger partial charge in [0, 0.05) is 12.6 Å². The average Bonchev–Trinajstić information content (AvgIpc) is 3.05. The van der Waals surface area contributed by atoms with Gasteiger partial charge in [0.15, 0.2) is 0 Å². The minimum atomic E-state index is 0.561. The summed E-state index contributed by atoms with van der Waals surface area (Å²) in [6.45, 7) is 6.97. The standard InChI is InChI=1S/C17H33NO/c1-3-13-18-16(17(2)11-4-5-12-17)10-6-8-15-9-7-14-19-15/h15-16,18H,3-14H2,1-2H3. The van der Waals surface area contributed by atoms with Crippen molar-refractivity contribution in [3.05, 3.63) is 0 Å². The van der Waals surface area contributed by atoms with Gasteiger partial charge >= 0.3 is 0 Å². The third-order valence-electron chi connectivity index (χ3n) is 5.27. The summed E-state index contributed by atoms with van der Waals surface area (Å²) in [4.78, 5) is 0. The number of rotatable bonds is 8. The molecule has 2 rings (SSSR count). The molecule has 1 aliphatic carbocycles. The molecule has 2 atom stereocenters. The smallest absolute Gasteiger partial charge is 0.0576 e. The number of ether oxygens (including phenoxy) is 1. The fourth-order valence-corrected chi connectivity index (χ4v) is 3.97. The summed E-state index contributed by atoms with van der Waals surface area (Å²) in [7, 11) is 0. The lowest BCUT2D eigenvalue weighted by molar-refractivity contribution is 0.0983. The molecule has 2 unspecified atom stereocenters. The van der Waals surface area contributed by atoms with E-state index in [4.69, 9.17) is 4.74 Å². The zero-order chi connectivity index (χ0) is 13.6. The molecule has 2 nitrogen and oxygen atoms in total. The van der Waals surface area contributed by atoms with Crippen LogP contribution in [0.3, 0.4) is 0 Å². The van der Waals surface area contributed by atoms with E-state index in [1.807, 2.05) is 0 Å². The molecule has 2 fully saturated rings. The van der Waals surface area contributed by atoms with Crippen molar-refractivity contribution < 1.29 is 4.74 Å². The second-order valence-corrected chi connectivity index (χ2v) is 6.93. The molecule has 0 radical (unpaired) electrons. The van der Waals surface area contributed by atoms with E-state index in [2.05, 4.69) is 19.2 Å². The topological polar surface area (TPSA) is 21.3 Å². The highest BCUT2D eigenvalue weighted by Crippen LogP contribution is 2.42. The van der Waals surface area contributed by atoms with Gasteiger partial charge in [-0.3, -0.25) is 0 Å². The van der Waals surface area contributed by atoms with E-state index in [-0.39, 0.29) is 0 Å². The first-order valence-corrected chi connectivity index (χ1v) is 8.59. The summed E-state index contributed by atoms with van der Waals surface area (Å²) in [5.74, 6) is 0. The van der Waals surface area contributed by atoms with Crippen LogP contribution in [0.15, 0.2) is 0 Å². The van der Waals surface area contributed by atoms with Gasteiger partial charge in [-0.25, -0.2) is 0 Å². The van der Waals surface area contributed by atoms with Crippen LogP contribution < -0.4 is 5.32 Å². The van der Waals surface area contributed by atoms with E-state index in [1.165, 1.54) is 70.8 Å². The maximum atomic E-state index is 5.75. The van der Waals surface area contributed by atoms with Crippen molar-refractivity contribution in [1.82, 2.24) is 5.32 Å². The van der Waals surface area contributed by atoms with Crippen LogP contribution >= 0.6 is 0 Å². The Kier molecular flexibility index (Phi) is 6.15. The average molecular weight is 267 g/mol. The molecule has 19 heavy (non-hydrogen) atoms. The second-order valence-electron chi connectivity index (χ2n) is 6.93. The first kappa shape index (κ1) is 15.3. The molecular weight excluding hydrogens is 234 g/mol. The fraction of sp³-hybridized carbons (Fsp3) is 1.00. The third kappa shape index (κ3) is 4.46. The van der Waals surface area contributed by atoms with Crippen molar-refractivity contribution in [2.75, 3.05) is 13.2 Å².